The van der Waals surface area contributed by atoms with Crippen LogP contribution in [0, 0.1) is 0 Å². The molecule has 0 spiro atoms. The molecular weight excluding hydrogens is 390 g/mol. The zero-order chi connectivity index (χ0) is 16.1. The molecule has 0 fully saturated rings. The summed E-state index contributed by atoms with van der Waals surface area (Å²) in [5, 5.41) is 27.5. The van der Waals surface area contributed by atoms with E-state index in [4.69, 9.17) is 10.2 Å². The summed E-state index contributed by atoms with van der Waals surface area (Å²) < 4.78 is 27.3. The second-order valence-electron chi connectivity index (χ2n) is 3.43. The fourth-order valence-electron chi connectivity index (χ4n) is 0.895. The van der Waals surface area contributed by atoms with Gasteiger partial charge < -0.3 is 53.1 Å². The van der Waals surface area contributed by atoms with Gasteiger partial charge in [-0.2, -0.15) is 0 Å². The number of aliphatic hydroxyl groups is 3. The first-order valence-electron chi connectivity index (χ1n) is 4.73. The number of phosphoric acid groups is 2. The Balaban J connectivity index is 0. The van der Waals surface area contributed by atoms with Crippen molar-refractivity contribution in [3.05, 3.63) is 0 Å². The standard InChI is InChI=1S/C6H14O12P2.Cu/c7-3(1-17-19(11,12)13)5(9)6(10)4(8)2-18-20(14,15)16;/h3,5-7,9-10H,1-2H2,(H2,11,12,13)(H2,14,15,16);/q;+4/p-4. The first kappa shape index (κ1) is 23.6. The van der Waals surface area contributed by atoms with Crippen molar-refractivity contribution in [3.8, 4) is 0 Å². The van der Waals surface area contributed by atoms with Gasteiger partial charge in [0.15, 0.2) is 5.78 Å². The Morgan fingerprint density at radius 3 is 1.81 bits per heavy atom. The second-order valence-corrected chi connectivity index (χ2v) is 5.74. The fraction of sp³-hybridized carbons (Fsp3) is 0.833. The van der Waals surface area contributed by atoms with E-state index < -0.39 is 53.0 Å². The van der Waals surface area contributed by atoms with Gasteiger partial charge in [0, 0.05) is 0 Å². The summed E-state index contributed by atoms with van der Waals surface area (Å²) in [7, 11) is -10.9. The Morgan fingerprint density at radius 2 is 1.43 bits per heavy atom. The molecule has 0 aliphatic carbocycles. The van der Waals surface area contributed by atoms with E-state index in [0.717, 1.165) is 0 Å². The molecule has 0 saturated carbocycles. The second kappa shape index (κ2) is 9.43. The molecule has 127 valence electrons. The van der Waals surface area contributed by atoms with Crippen LogP contribution in [0.15, 0.2) is 0 Å². The molecule has 1 radical (unpaired) electrons. The van der Waals surface area contributed by atoms with Gasteiger partial charge in [-0.3, -0.25) is 4.79 Å². The molecule has 0 amide bonds. The molecule has 0 aliphatic rings. The molecular formula is C6H10CuO12P2. The quantitative estimate of drug-likeness (QED) is 0.243. The number of phosphoric ester groups is 2. The van der Waals surface area contributed by atoms with Gasteiger partial charge in [-0.15, -0.1) is 0 Å². The van der Waals surface area contributed by atoms with E-state index in [1.807, 2.05) is 0 Å². The Labute approximate surface area is 128 Å². The normalized spacial score (nSPS) is 16.7. The van der Waals surface area contributed by atoms with Crippen LogP contribution in [0.2, 0.25) is 0 Å². The zero-order valence-electron chi connectivity index (χ0n) is 9.86. The van der Waals surface area contributed by atoms with E-state index in [9.17, 15) is 38.6 Å². The third-order valence-electron chi connectivity index (χ3n) is 1.82. The third-order valence-corrected chi connectivity index (χ3v) is 2.73. The Hall–Kier alpha value is 0.289. The Morgan fingerprint density at radius 1 is 1.00 bits per heavy atom. The largest absolute Gasteiger partial charge is 4.00 e. The van der Waals surface area contributed by atoms with Crippen molar-refractivity contribution in [1.29, 1.82) is 0 Å². The first-order chi connectivity index (χ1) is 8.83. The molecule has 3 atom stereocenters. The maximum absolute atomic E-state index is 11.1. The monoisotopic (exact) mass is 399 g/mol. The molecule has 0 aliphatic heterocycles. The van der Waals surface area contributed by atoms with Gasteiger partial charge in [0.25, 0.3) is 0 Å². The van der Waals surface area contributed by atoms with Crippen LogP contribution >= 0.6 is 15.6 Å². The Bertz CT molecular complexity index is 416. The maximum Gasteiger partial charge on any atom is 4.00 e. The number of hydrogen-bond donors (Lipinski definition) is 3. The van der Waals surface area contributed by atoms with Crippen molar-refractivity contribution in [1.82, 2.24) is 0 Å². The molecule has 0 aromatic heterocycles. The van der Waals surface area contributed by atoms with E-state index in [1.54, 1.807) is 0 Å². The van der Waals surface area contributed by atoms with E-state index in [2.05, 4.69) is 9.05 Å². The molecule has 0 aromatic carbocycles. The van der Waals surface area contributed by atoms with Crippen LogP contribution < -0.4 is 19.6 Å². The molecule has 15 heteroatoms. The van der Waals surface area contributed by atoms with Gasteiger partial charge in [-0.1, -0.05) is 0 Å². The topological polar surface area (TPSA) is 223 Å². The summed E-state index contributed by atoms with van der Waals surface area (Å²) in [6.07, 6.45) is -6.83. The number of Topliss-reactive ketones (excluding diaryl/α,β-unsaturated/α-hetero) is 1. The summed E-state index contributed by atoms with van der Waals surface area (Å²) in [5.41, 5.74) is 0. The van der Waals surface area contributed by atoms with Gasteiger partial charge in [-0.05, 0) is 0 Å². The van der Waals surface area contributed by atoms with Crippen molar-refractivity contribution < 1.29 is 74.9 Å². The maximum atomic E-state index is 11.1. The SMILES string of the molecule is O=C(COP(=O)([O-])[O-])C(O)C(O)C(O)COP(=O)([O-])[O-].[Cu+4]. The van der Waals surface area contributed by atoms with Crippen molar-refractivity contribution in [2.24, 2.45) is 0 Å². The number of hydrogen-bond acceptors (Lipinski definition) is 12. The molecule has 0 saturated heterocycles. The van der Waals surface area contributed by atoms with Crippen LogP contribution in [0.25, 0.3) is 0 Å². The van der Waals surface area contributed by atoms with E-state index >= 15 is 0 Å². The predicted molar refractivity (Wildman–Crippen MR) is 50.1 cm³/mol. The van der Waals surface area contributed by atoms with E-state index in [1.165, 1.54) is 0 Å². The van der Waals surface area contributed by atoms with Crippen molar-refractivity contribution in [2.75, 3.05) is 13.2 Å². The molecule has 0 aromatic rings. The van der Waals surface area contributed by atoms with Crippen LogP contribution in [0.4, 0.5) is 0 Å². The fourth-order valence-corrected chi connectivity index (χ4v) is 1.52. The smallest absolute Gasteiger partial charge is 0.790 e. The van der Waals surface area contributed by atoms with E-state index in [-0.39, 0.29) is 17.1 Å². The number of aliphatic hydroxyl groups excluding tert-OH is 3. The molecule has 0 bridgehead atoms. The van der Waals surface area contributed by atoms with Crippen LogP contribution in [-0.2, 0) is 40.0 Å². The van der Waals surface area contributed by atoms with Gasteiger partial charge >= 0.3 is 17.1 Å². The van der Waals surface area contributed by atoms with Gasteiger partial charge in [0.1, 0.15) is 24.9 Å². The predicted octanol–water partition coefficient (Wildman–Crippen LogP) is -5.67. The molecule has 3 unspecified atom stereocenters. The minimum atomic E-state index is -5.47. The minimum Gasteiger partial charge on any atom is -0.790 e. The summed E-state index contributed by atoms with van der Waals surface area (Å²) in [5.74, 6) is -1.48. The van der Waals surface area contributed by atoms with Crippen molar-refractivity contribution in [3.63, 3.8) is 0 Å². The number of ketones is 1. The number of carbonyl (C=O) groups is 1. The summed E-state index contributed by atoms with van der Waals surface area (Å²) in [6, 6.07) is 0. The summed E-state index contributed by atoms with van der Waals surface area (Å²) in [6.45, 7) is -2.63. The van der Waals surface area contributed by atoms with E-state index in [0.29, 0.717) is 0 Å². The van der Waals surface area contributed by atoms with Crippen molar-refractivity contribution in [2.45, 2.75) is 18.3 Å². The van der Waals surface area contributed by atoms with Gasteiger partial charge in [0.05, 0.1) is 22.3 Å². The van der Waals surface area contributed by atoms with Crippen LogP contribution in [0.5, 0.6) is 0 Å². The summed E-state index contributed by atoms with van der Waals surface area (Å²) >= 11 is 0. The molecule has 21 heavy (non-hydrogen) atoms. The van der Waals surface area contributed by atoms with Crippen LogP contribution in [0.1, 0.15) is 0 Å². The average molecular weight is 400 g/mol. The molecule has 0 heterocycles. The van der Waals surface area contributed by atoms with Gasteiger partial charge in [0.2, 0.25) is 0 Å². The zero-order valence-corrected chi connectivity index (χ0v) is 12.6. The average Bonchev–Trinajstić information content (AvgIpc) is 2.29. The number of carbonyl (C=O) groups excluding carboxylic acids is 1. The number of rotatable bonds is 9. The minimum absolute atomic E-state index is 0. The van der Waals surface area contributed by atoms with Crippen LogP contribution in [-0.4, -0.2) is 52.6 Å². The molecule has 0 rings (SSSR count). The van der Waals surface area contributed by atoms with Crippen LogP contribution in [0.3, 0.4) is 0 Å². The van der Waals surface area contributed by atoms with Crippen molar-refractivity contribution >= 4 is 21.4 Å². The first-order valence-corrected chi connectivity index (χ1v) is 7.65. The summed E-state index contributed by atoms with van der Waals surface area (Å²) in [4.78, 5) is 51.4. The Kier molecular flexibility index (Phi) is 10.6. The molecule has 12 nitrogen and oxygen atoms in total. The molecule has 3 N–H and O–H groups in total. The van der Waals surface area contributed by atoms with Gasteiger partial charge in [-0.25, -0.2) is 0 Å². The third kappa shape index (κ3) is 11.5.